The molecule has 1 heterocycles. The van der Waals surface area contributed by atoms with E-state index in [1.165, 1.54) is 0 Å². The van der Waals surface area contributed by atoms with Crippen LogP contribution in [0.2, 0.25) is 0 Å². The first-order valence-electron chi connectivity index (χ1n) is 10.9. The number of benzene rings is 2. The fourth-order valence-electron chi connectivity index (χ4n) is 3.54. The first-order chi connectivity index (χ1) is 16.8. The fourth-order valence-corrected chi connectivity index (χ4v) is 3.54. The molecule has 0 saturated heterocycles. The summed E-state index contributed by atoms with van der Waals surface area (Å²) in [4.78, 5) is 36.4. The molecule has 0 aliphatic carbocycles. The van der Waals surface area contributed by atoms with Crippen molar-refractivity contribution >= 4 is 29.2 Å². The third-order valence-corrected chi connectivity index (χ3v) is 5.23. The summed E-state index contributed by atoms with van der Waals surface area (Å²) in [7, 11) is 7.13. The number of anilines is 3. The van der Waals surface area contributed by atoms with Gasteiger partial charge in [-0.2, -0.15) is 13.2 Å². The highest BCUT2D eigenvalue weighted by Crippen LogP contribution is 2.29. The standard InChI is InChI=1S/C25H26F3N5O3/c1-32(2)22-19(14-21(34)35)23(33(3)4)31-20(30-22)13-15-5-11-18(12-6-15)29-24(36)16-7-9-17(10-8-16)25(26,27)28/h5-12H,13-14H2,1-4H3,(H,29,36)(H,34,35)/i21+1,24+1. The van der Waals surface area contributed by atoms with Crippen LogP contribution >= 0.6 is 0 Å². The van der Waals surface area contributed by atoms with E-state index in [2.05, 4.69) is 15.3 Å². The van der Waals surface area contributed by atoms with Crippen molar-refractivity contribution in [3.05, 3.63) is 76.6 Å². The van der Waals surface area contributed by atoms with Crippen molar-refractivity contribution in [2.45, 2.75) is 19.0 Å². The lowest BCUT2D eigenvalue weighted by molar-refractivity contribution is -0.138. The van der Waals surface area contributed by atoms with Crippen molar-refractivity contribution in [1.29, 1.82) is 0 Å². The van der Waals surface area contributed by atoms with Crippen LogP contribution in [-0.2, 0) is 23.8 Å². The van der Waals surface area contributed by atoms with E-state index in [-0.39, 0.29) is 12.0 Å². The monoisotopic (exact) mass is 503 g/mol. The molecule has 0 fully saturated rings. The minimum atomic E-state index is -4.47. The maximum absolute atomic E-state index is 12.7. The van der Waals surface area contributed by atoms with Gasteiger partial charge in [-0.15, -0.1) is 0 Å². The number of nitrogens with zero attached hydrogens (tertiary/aromatic N) is 4. The number of alkyl halides is 3. The van der Waals surface area contributed by atoms with Gasteiger partial charge in [0.1, 0.15) is 17.5 Å². The molecule has 1 amide bonds. The molecule has 0 bridgehead atoms. The minimum absolute atomic E-state index is 0.106. The molecule has 0 atom stereocenters. The number of amides is 1. The molecule has 0 radical (unpaired) electrons. The van der Waals surface area contributed by atoms with Crippen molar-refractivity contribution in [3.8, 4) is 0 Å². The Labute approximate surface area is 206 Å². The van der Waals surface area contributed by atoms with Gasteiger partial charge in [0.15, 0.2) is 0 Å². The van der Waals surface area contributed by atoms with Gasteiger partial charge in [0.05, 0.1) is 12.0 Å². The summed E-state index contributed by atoms with van der Waals surface area (Å²) in [6.07, 6.45) is -4.32. The molecule has 0 spiro atoms. The molecular weight excluding hydrogens is 477 g/mol. The average molecular weight is 503 g/mol. The number of rotatable bonds is 8. The molecule has 36 heavy (non-hydrogen) atoms. The third-order valence-electron chi connectivity index (χ3n) is 5.23. The van der Waals surface area contributed by atoms with Crippen LogP contribution in [0.3, 0.4) is 0 Å². The molecule has 190 valence electrons. The normalized spacial score (nSPS) is 11.2. The number of carbonyl (C=O) groups excluding carboxylic acids is 1. The van der Waals surface area contributed by atoms with Crippen LogP contribution in [0.4, 0.5) is 30.5 Å². The van der Waals surface area contributed by atoms with Crippen LogP contribution in [0.5, 0.6) is 0 Å². The van der Waals surface area contributed by atoms with E-state index in [0.717, 1.165) is 29.8 Å². The highest BCUT2D eigenvalue weighted by Gasteiger charge is 2.30. The Balaban J connectivity index is 1.77. The quantitative estimate of drug-likeness (QED) is 0.447. The lowest BCUT2D eigenvalue weighted by atomic mass is 10.1. The van der Waals surface area contributed by atoms with E-state index < -0.39 is 23.6 Å². The predicted octanol–water partition coefficient (Wildman–Crippen LogP) is 4.10. The zero-order chi connectivity index (χ0) is 26.6. The van der Waals surface area contributed by atoms with Crippen LogP contribution in [0, 0.1) is 0 Å². The summed E-state index contributed by atoms with van der Waals surface area (Å²) in [6, 6.07) is 10.9. The predicted molar refractivity (Wildman–Crippen MR) is 131 cm³/mol. The molecule has 0 unspecified atom stereocenters. The van der Waals surface area contributed by atoms with E-state index in [4.69, 9.17) is 0 Å². The third kappa shape index (κ3) is 6.49. The molecule has 2 N–H and O–H groups in total. The summed E-state index contributed by atoms with van der Waals surface area (Å²) in [5.74, 6) is 0.0303. The number of hydrogen-bond donors (Lipinski definition) is 2. The number of carboxylic acids is 1. The highest BCUT2D eigenvalue weighted by atomic mass is 19.4. The topological polar surface area (TPSA) is 98.7 Å². The second-order valence-corrected chi connectivity index (χ2v) is 8.53. The van der Waals surface area contributed by atoms with Crippen LogP contribution in [-0.4, -0.2) is 55.1 Å². The van der Waals surface area contributed by atoms with Crippen LogP contribution < -0.4 is 15.1 Å². The molecule has 1 aromatic heterocycles. The summed E-state index contributed by atoms with van der Waals surface area (Å²) < 4.78 is 38.1. The van der Waals surface area contributed by atoms with E-state index in [1.807, 2.05) is 0 Å². The van der Waals surface area contributed by atoms with Gasteiger partial charge in [-0.3, -0.25) is 9.59 Å². The Kier molecular flexibility index (Phi) is 7.81. The first-order valence-corrected chi connectivity index (χ1v) is 10.9. The zero-order valence-corrected chi connectivity index (χ0v) is 20.2. The molecule has 0 saturated carbocycles. The van der Waals surface area contributed by atoms with E-state index in [0.29, 0.717) is 35.1 Å². The van der Waals surface area contributed by atoms with Gasteiger partial charge in [0.2, 0.25) is 0 Å². The van der Waals surface area contributed by atoms with Crippen molar-refractivity contribution in [2.75, 3.05) is 43.3 Å². The van der Waals surface area contributed by atoms with Gasteiger partial charge < -0.3 is 20.2 Å². The van der Waals surface area contributed by atoms with Gasteiger partial charge in [-0.25, -0.2) is 9.97 Å². The maximum Gasteiger partial charge on any atom is 0.416 e. The number of nitrogens with one attached hydrogen (secondary N) is 1. The Morgan fingerprint density at radius 2 is 1.42 bits per heavy atom. The smallest absolute Gasteiger partial charge is 0.416 e. The lowest BCUT2D eigenvalue weighted by Gasteiger charge is -2.22. The van der Waals surface area contributed by atoms with Crippen molar-refractivity contribution in [3.63, 3.8) is 0 Å². The number of halogens is 3. The second kappa shape index (κ2) is 10.6. The zero-order valence-electron chi connectivity index (χ0n) is 20.2. The van der Waals surface area contributed by atoms with E-state index >= 15 is 0 Å². The molecule has 8 nitrogen and oxygen atoms in total. The van der Waals surface area contributed by atoms with Crippen molar-refractivity contribution in [2.24, 2.45) is 0 Å². The number of carboxylic acid groups (broad SMARTS) is 1. The Morgan fingerprint density at radius 3 is 1.86 bits per heavy atom. The first kappa shape index (κ1) is 26.5. The van der Waals surface area contributed by atoms with Crippen molar-refractivity contribution in [1.82, 2.24) is 9.97 Å². The summed E-state index contributed by atoms with van der Waals surface area (Å²) in [6.45, 7) is 0. The number of aliphatic carboxylic acids is 1. The number of hydrogen-bond acceptors (Lipinski definition) is 6. The van der Waals surface area contributed by atoms with Gasteiger partial charge in [0, 0.05) is 51.4 Å². The maximum atomic E-state index is 12.7. The van der Waals surface area contributed by atoms with Gasteiger partial charge >= 0.3 is 12.1 Å². The minimum Gasteiger partial charge on any atom is -0.481 e. The van der Waals surface area contributed by atoms with Gasteiger partial charge in [-0.05, 0) is 42.0 Å². The molecule has 3 rings (SSSR count). The van der Waals surface area contributed by atoms with Gasteiger partial charge in [-0.1, -0.05) is 12.1 Å². The van der Waals surface area contributed by atoms with Crippen LogP contribution in [0.25, 0.3) is 0 Å². The van der Waals surface area contributed by atoms with Crippen LogP contribution in [0.1, 0.15) is 32.9 Å². The second-order valence-electron chi connectivity index (χ2n) is 8.53. The molecule has 2 aromatic carbocycles. The van der Waals surface area contributed by atoms with E-state index in [1.54, 1.807) is 62.3 Å². The van der Waals surface area contributed by atoms with Gasteiger partial charge in [0.25, 0.3) is 5.91 Å². The van der Waals surface area contributed by atoms with E-state index in [9.17, 15) is 27.9 Å². The fraction of sp³-hybridized carbons (Fsp3) is 0.280. The molecular formula is C25H26F3N5O3. The number of carbonyl (C=O) groups is 2. The van der Waals surface area contributed by atoms with Crippen molar-refractivity contribution < 1.29 is 27.9 Å². The number of aromatic nitrogens is 2. The summed E-state index contributed by atoms with van der Waals surface area (Å²) >= 11 is 0. The molecule has 0 aliphatic rings. The Hall–Kier alpha value is -4.15. The average Bonchev–Trinajstić information content (AvgIpc) is 2.80. The highest BCUT2D eigenvalue weighted by molar-refractivity contribution is 6.04. The Morgan fingerprint density at radius 1 is 0.889 bits per heavy atom. The molecule has 3 aromatic rings. The Bertz CT molecular complexity index is 1210. The largest absolute Gasteiger partial charge is 0.481 e. The molecule has 11 heteroatoms. The molecule has 0 aliphatic heterocycles. The summed E-state index contributed by atoms with van der Waals surface area (Å²) in [5.41, 5.74) is 1.13. The van der Waals surface area contributed by atoms with Crippen LogP contribution in [0.15, 0.2) is 48.5 Å². The lowest BCUT2D eigenvalue weighted by Crippen LogP contribution is -2.22. The summed E-state index contributed by atoms with van der Waals surface area (Å²) in [5, 5.41) is 12.0. The SMILES string of the molecule is CN(C)c1nc(Cc2ccc(N[13C](=O)c3ccc(C(F)(F)F)cc3)cc2)nc(N(C)C)c1C[13C](=O)O.